The lowest BCUT2D eigenvalue weighted by Crippen LogP contribution is -1.90. The fourth-order valence-electron chi connectivity index (χ4n) is 1.95. The van der Waals surface area contributed by atoms with Gasteiger partial charge in [0.1, 0.15) is 0 Å². The smallest absolute Gasteiger partial charge is 0.211 e. The van der Waals surface area contributed by atoms with Crippen LogP contribution in [0.4, 0.5) is 5.69 Å². The number of nitrogens with zero attached hydrogens (tertiary/aromatic N) is 2. The van der Waals surface area contributed by atoms with E-state index in [4.69, 9.17) is 0 Å². The second kappa shape index (κ2) is 8.98. The van der Waals surface area contributed by atoms with Gasteiger partial charge in [-0.2, -0.15) is 4.99 Å². The zero-order valence-corrected chi connectivity index (χ0v) is 11.2. The predicted octanol–water partition coefficient (Wildman–Crippen LogP) is 3.40. The first-order chi connectivity index (χ1) is 9.27. The van der Waals surface area contributed by atoms with E-state index in [0.717, 1.165) is 32.1 Å². The second-order valence-electron chi connectivity index (χ2n) is 4.45. The Morgan fingerprint density at radius 1 is 1.05 bits per heavy atom. The van der Waals surface area contributed by atoms with Crippen molar-refractivity contribution in [2.24, 2.45) is 9.98 Å². The van der Waals surface area contributed by atoms with Gasteiger partial charge in [0.25, 0.3) is 0 Å². The average Bonchev–Trinajstić information content (AvgIpc) is 2.41. The molecule has 0 amide bonds. The van der Waals surface area contributed by atoms with Gasteiger partial charge in [0.2, 0.25) is 12.2 Å². The second-order valence-corrected chi connectivity index (χ2v) is 4.45. The van der Waals surface area contributed by atoms with E-state index in [-0.39, 0.29) is 0 Å². The molecule has 1 rings (SSSR count). The van der Waals surface area contributed by atoms with Gasteiger partial charge in [0.15, 0.2) is 0 Å². The Hall–Kier alpha value is -2.02. The lowest BCUT2D eigenvalue weighted by Gasteiger charge is -2.06. The summed E-state index contributed by atoms with van der Waals surface area (Å²) < 4.78 is 0. The minimum atomic E-state index is 0.575. The minimum absolute atomic E-state index is 0.575. The molecule has 4 heteroatoms. The monoisotopic (exact) mass is 258 g/mol. The summed E-state index contributed by atoms with van der Waals surface area (Å²) in [6.07, 6.45) is 8.27. The van der Waals surface area contributed by atoms with Crippen molar-refractivity contribution >= 4 is 17.8 Å². The number of hydrogen-bond donors (Lipinski definition) is 0. The zero-order chi connectivity index (χ0) is 13.9. The molecular weight excluding hydrogens is 240 g/mol. The highest BCUT2D eigenvalue weighted by Crippen LogP contribution is 2.19. The maximum Gasteiger partial charge on any atom is 0.240 e. The van der Waals surface area contributed by atoms with Crippen LogP contribution >= 0.6 is 0 Å². The molecule has 0 radical (unpaired) electrons. The summed E-state index contributed by atoms with van der Waals surface area (Å²) in [4.78, 5) is 27.3. The van der Waals surface area contributed by atoms with Crippen molar-refractivity contribution < 1.29 is 9.59 Å². The quantitative estimate of drug-likeness (QED) is 0.407. The van der Waals surface area contributed by atoms with Gasteiger partial charge in [0, 0.05) is 0 Å². The number of rotatable bonds is 8. The summed E-state index contributed by atoms with van der Waals surface area (Å²) in [6, 6.07) is 5.74. The molecule has 1 aromatic rings. The van der Waals surface area contributed by atoms with Crippen LogP contribution < -0.4 is 0 Å². The van der Waals surface area contributed by atoms with E-state index >= 15 is 0 Å². The van der Waals surface area contributed by atoms with Crippen LogP contribution in [0.2, 0.25) is 0 Å². The Morgan fingerprint density at radius 2 is 1.84 bits per heavy atom. The van der Waals surface area contributed by atoms with E-state index in [1.165, 1.54) is 11.1 Å². The van der Waals surface area contributed by atoms with Crippen LogP contribution in [0.15, 0.2) is 28.2 Å². The van der Waals surface area contributed by atoms with Gasteiger partial charge in [-0.1, -0.05) is 18.9 Å². The van der Waals surface area contributed by atoms with Gasteiger partial charge in [-0.05, 0) is 49.4 Å². The summed E-state index contributed by atoms with van der Waals surface area (Å²) >= 11 is 0. The number of isocyanates is 2. The molecule has 100 valence electrons. The molecule has 0 heterocycles. The van der Waals surface area contributed by atoms with Gasteiger partial charge in [-0.15, -0.1) is 0 Å². The van der Waals surface area contributed by atoms with Gasteiger partial charge < -0.3 is 0 Å². The van der Waals surface area contributed by atoms with Crippen molar-refractivity contribution in [2.75, 3.05) is 6.54 Å². The van der Waals surface area contributed by atoms with Crippen LogP contribution in [0.25, 0.3) is 0 Å². The molecule has 1 aromatic carbocycles. The van der Waals surface area contributed by atoms with Gasteiger partial charge >= 0.3 is 0 Å². The molecule has 0 aliphatic carbocycles. The standard InChI is InChI=1S/C15H18N2O2/c1-13-7-8-15(17-12-19)10-14(13)6-4-2-3-5-9-16-11-18/h7-8,10H,2-6,9H2,1H3. The third-order valence-corrected chi connectivity index (χ3v) is 3.04. The fraction of sp³-hybridized carbons (Fsp3) is 0.467. The Kier molecular flexibility index (Phi) is 7.11. The lowest BCUT2D eigenvalue weighted by atomic mass is 10.0. The number of aliphatic imine (C=N–C) groups is 2. The molecule has 0 bridgehead atoms. The van der Waals surface area contributed by atoms with E-state index in [1.54, 1.807) is 12.2 Å². The normalized spacial score (nSPS) is 9.53. The Labute approximate surface area is 113 Å². The Balaban J connectivity index is 2.38. The first-order valence-corrected chi connectivity index (χ1v) is 6.49. The van der Waals surface area contributed by atoms with Crippen molar-refractivity contribution in [1.82, 2.24) is 0 Å². The molecule has 4 nitrogen and oxygen atoms in total. The molecule has 0 aliphatic heterocycles. The third-order valence-electron chi connectivity index (χ3n) is 3.04. The third kappa shape index (κ3) is 5.91. The first-order valence-electron chi connectivity index (χ1n) is 6.49. The van der Waals surface area contributed by atoms with Crippen molar-refractivity contribution in [1.29, 1.82) is 0 Å². The highest BCUT2D eigenvalue weighted by atomic mass is 16.1. The van der Waals surface area contributed by atoms with Crippen molar-refractivity contribution in [3.05, 3.63) is 29.3 Å². The van der Waals surface area contributed by atoms with E-state index in [2.05, 4.69) is 16.9 Å². The van der Waals surface area contributed by atoms with E-state index in [1.807, 2.05) is 18.2 Å². The summed E-state index contributed by atoms with van der Waals surface area (Å²) in [5.74, 6) is 0. The fourth-order valence-corrected chi connectivity index (χ4v) is 1.95. The average molecular weight is 258 g/mol. The van der Waals surface area contributed by atoms with Crippen LogP contribution in [0.3, 0.4) is 0 Å². The molecule has 0 spiro atoms. The zero-order valence-electron chi connectivity index (χ0n) is 11.2. The van der Waals surface area contributed by atoms with Crippen molar-refractivity contribution in [2.45, 2.75) is 39.0 Å². The number of benzene rings is 1. The van der Waals surface area contributed by atoms with Crippen LogP contribution in [0.1, 0.15) is 36.8 Å². The molecule has 19 heavy (non-hydrogen) atoms. The van der Waals surface area contributed by atoms with E-state index < -0.39 is 0 Å². The highest BCUT2D eigenvalue weighted by molar-refractivity contribution is 5.51. The Morgan fingerprint density at radius 3 is 2.58 bits per heavy atom. The predicted molar refractivity (Wildman–Crippen MR) is 74.1 cm³/mol. The van der Waals surface area contributed by atoms with Gasteiger partial charge in [0.05, 0.1) is 12.2 Å². The largest absolute Gasteiger partial charge is 0.240 e. The molecule has 0 aromatic heterocycles. The molecule has 0 atom stereocenters. The molecule has 0 unspecified atom stereocenters. The summed E-state index contributed by atoms with van der Waals surface area (Å²) in [7, 11) is 0. The number of unbranched alkanes of at least 4 members (excludes halogenated alkanes) is 3. The van der Waals surface area contributed by atoms with Gasteiger partial charge in [-0.25, -0.2) is 14.6 Å². The summed E-state index contributed by atoms with van der Waals surface area (Å²) in [5, 5.41) is 0. The van der Waals surface area contributed by atoms with Crippen LogP contribution in [-0.4, -0.2) is 18.7 Å². The molecule has 0 saturated carbocycles. The minimum Gasteiger partial charge on any atom is -0.211 e. The van der Waals surface area contributed by atoms with E-state index in [9.17, 15) is 9.59 Å². The topological polar surface area (TPSA) is 58.9 Å². The number of hydrogen-bond acceptors (Lipinski definition) is 4. The lowest BCUT2D eigenvalue weighted by molar-refractivity contribution is 0.561. The van der Waals surface area contributed by atoms with Crippen molar-refractivity contribution in [3.63, 3.8) is 0 Å². The van der Waals surface area contributed by atoms with Crippen molar-refractivity contribution in [3.8, 4) is 0 Å². The number of aryl methyl sites for hydroxylation is 2. The SMILES string of the molecule is Cc1ccc(N=C=O)cc1CCCCCCN=C=O. The van der Waals surface area contributed by atoms with Crippen LogP contribution in [0.5, 0.6) is 0 Å². The van der Waals surface area contributed by atoms with E-state index in [0.29, 0.717) is 12.2 Å². The summed E-state index contributed by atoms with van der Waals surface area (Å²) in [6.45, 7) is 2.63. The summed E-state index contributed by atoms with van der Waals surface area (Å²) in [5.41, 5.74) is 3.11. The van der Waals surface area contributed by atoms with Crippen LogP contribution in [0, 0.1) is 6.92 Å². The molecule has 0 N–H and O–H groups in total. The maximum absolute atomic E-state index is 10.2. The molecule has 0 fully saturated rings. The van der Waals surface area contributed by atoms with Gasteiger partial charge in [-0.3, -0.25) is 0 Å². The first kappa shape index (κ1) is 15.0. The maximum atomic E-state index is 10.2. The molecular formula is C15H18N2O2. The molecule has 0 aliphatic rings. The number of carbonyl (C=O) groups excluding carboxylic acids is 2. The van der Waals surface area contributed by atoms with Crippen LogP contribution in [-0.2, 0) is 16.0 Å². The Bertz CT molecular complexity index is 499. The molecule has 0 saturated heterocycles. The highest BCUT2D eigenvalue weighted by Gasteiger charge is 2.00.